The van der Waals surface area contributed by atoms with Gasteiger partial charge in [-0.2, -0.15) is 0 Å². The van der Waals surface area contributed by atoms with Crippen LogP contribution in [0.5, 0.6) is 11.5 Å². The Morgan fingerprint density at radius 2 is 1.65 bits per heavy atom. The molecule has 0 atom stereocenters. The van der Waals surface area contributed by atoms with Crippen LogP contribution < -0.4 is 19.1 Å². The Bertz CT molecular complexity index is 824. The van der Waals surface area contributed by atoms with Crippen LogP contribution in [0.25, 0.3) is 0 Å². The summed E-state index contributed by atoms with van der Waals surface area (Å²) >= 11 is 0. The molecule has 0 heterocycles. The molecule has 2 rings (SSSR count). The van der Waals surface area contributed by atoms with Crippen molar-refractivity contribution in [1.29, 1.82) is 0 Å². The molecule has 0 radical (unpaired) electrons. The van der Waals surface area contributed by atoms with E-state index >= 15 is 0 Å². The summed E-state index contributed by atoms with van der Waals surface area (Å²) in [5.74, 6) is 0.348. The third kappa shape index (κ3) is 5.38. The second-order valence-corrected chi connectivity index (χ2v) is 7.53. The summed E-state index contributed by atoms with van der Waals surface area (Å²) in [5, 5.41) is 2.54. The van der Waals surface area contributed by atoms with Crippen molar-refractivity contribution in [3.63, 3.8) is 0 Å². The summed E-state index contributed by atoms with van der Waals surface area (Å²) in [7, 11) is -0.535. The maximum absolute atomic E-state index is 12.3. The van der Waals surface area contributed by atoms with E-state index in [2.05, 4.69) is 5.32 Å². The summed E-state index contributed by atoms with van der Waals surface area (Å²) in [6, 6.07) is 15.7. The Morgan fingerprint density at radius 1 is 1.04 bits per heavy atom. The van der Waals surface area contributed by atoms with E-state index in [0.29, 0.717) is 17.2 Å². The number of rotatable bonds is 9. The van der Waals surface area contributed by atoms with Gasteiger partial charge in [0.25, 0.3) is 5.91 Å². The molecule has 0 unspecified atom stereocenters. The molecule has 2 aromatic rings. The SMILES string of the molecule is COc1ccccc1OCC(=O)NCCS(=O)(=O)N(C)c1ccccc1. The molecule has 0 saturated carbocycles. The zero-order chi connectivity index (χ0) is 19.0. The first-order chi connectivity index (χ1) is 12.4. The van der Waals surface area contributed by atoms with Crippen molar-refractivity contribution >= 4 is 21.6 Å². The summed E-state index contributed by atoms with van der Waals surface area (Å²) < 4.78 is 36.3. The summed E-state index contributed by atoms with van der Waals surface area (Å²) in [4.78, 5) is 11.9. The third-order valence-electron chi connectivity index (χ3n) is 3.65. The highest BCUT2D eigenvalue weighted by atomic mass is 32.2. The fourth-order valence-electron chi connectivity index (χ4n) is 2.19. The van der Waals surface area contributed by atoms with Gasteiger partial charge < -0.3 is 14.8 Å². The number of hydrogen-bond donors (Lipinski definition) is 1. The standard InChI is InChI=1S/C18H22N2O5S/c1-20(15-8-4-3-5-9-15)26(22,23)13-12-19-18(21)14-25-17-11-7-6-10-16(17)24-2/h3-11H,12-14H2,1-2H3,(H,19,21). The van der Waals surface area contributed by atoms with Gasteiger partial charge in [0.1, 0.15) is 0 Å². The lowest BCUT2D eigenvalue weighted by Gasteiger charge is -2.19. The van der Waals surface area contributed by atoms with Gasteiger partial charge in [-0.25, -0.2) is 8.42 Å². The summed E-state index contributed by atoms with van der Waals surface area (Å²) in [6.07, 6.45) is 0. The van der Waals surface area contributed by atoms with Crippen LogP contribution in [-0.2, 0) is 14.8 Å². The minimum atomic E-state index is -3.53. The van der Waals surface area contributed by atoms with Gasteiger partial charge in [-0.05, 0) is 24.3 Å². The van der Waals surface area contributed by atoms with Crippen molar-refractivity contribution in [2.45, 2.75) is 0 Å². The molecule has 0 saturated heterocycles. The molecule has 7 nitrogen and oxygen atoms in total. The minimum absolute atomic E-state index is 0.00632. The molecule has 0 aliphatic rings. The van der Waals surface area contributed by atoms with Gasteiger partial charge in [-0.1, -0.05) is 30.3 Å². The highest BCUT2D eigenvalue weighted by molar-refractivity contribution is 7.92. The van der Waals surface area contributed by atoms with Gasteiger partial charge in [0.2, 0.25) is 10.0 Å². The second-order valence-electron chi connectivity index (χ2n) is 5.41. The zero-order valence-corrected chi connectivity index (χ0v) is 15.5. The van der Waals surface area contributed by atoms with Crippen molar-refractivity contribution in [1.82, 2.24) is 5.32 Å². The number of para-hydroxylation sites is 3. The van der Waals surface area contributed by atoms with Crippen molar-refractivity contribution in [2.75, 3.05) is 37.4 Å². The first-order valence-corrected chi connectivity index (χ1v) is 9.59. The molecule has 2 aromatic carbocycles. The number of ether oxygens (including phenoxy) is 2. The predicted octanol–water partition coefficient (Wildman–Crippen LogP) is 1.66. The molecule has 140 valence electrons. The molecule has 0 spiro atoms. The highest BCUT2D eigenvalue weighted by Gasteiger charge is 2.18. The normalized spacial score (nSPS) is 10.8. The molecule has 8 heteroatoms. The number of benzene rings is 2. The van der Waals surface area contributed by atoms with Gasteiger partial charge in [-0.15, -0.1) is 0 Å². The van der Waals surface area contributed by atoms with Crippen LogP contribution in [0.15, 0.2) is 54.6 Å². The number of sulfonamides is 1. The first kappa shape index (κ1) is 19.6. The number of amides is 1. The van der Waals surface area contributed by atoms with Gasteiger partial charge >= 0.3 is 0 Å². The summed E-state index contributed by atoms with van der Waals surface area (Å²) in [5.41, 5.74) is 0.568. The first-order valence-electron chi connectivity index (χ1n) is 7.98. The molecule has 0 aliphatic heterocycles. The van der Waals surface area contributed by atoms with Gasteiger partial charge in [0.15, 0.2) is 18.1 Å². The van der Waals surface area contributed by atoms with Crippen LogP contribution in [0.3, 0.4) is 0 Å². The molecular formula is C18H22N2O5S. The van der Waals surface area contributed by atoms with E-state index in [4.69, 9.17) is 9.47 Å². The lowest BCUT2D eigenvalue weighted by Crippen LogP contribution is -2.37. The fraction of sp³-hybridized carbons (Fsp3) is 0.278. The molecule has 0 aliphatic carbocycles. The smallest absolute Gasteiger partial charge is 0.257 e. The van der Waals surface area contributed by atoms with E-state index < -0.39 is 15.9 Å². The number of hydrogen-bond acceptors (Lipinski definition) is 5. The number of anilines is 1. The van der Waals surface area contributed by atoms with Gasteiger partial charge in [0, 0.05) is 13.6 Å². The number of methoxy groups -OCH3 is 1. The predicted molar refractivity (Wildman–Crippen MR) is 100 cm³/mol. The van der Waals surface area contributed by atoms with Crippen LogP contribution >= 0.6 is 0 Å². The average Bonchev–Trinajstić information content (AvgIpc) is 2.66. The highest BCUT2D eigenvalue weighted by Crippen LogP contribution is 2.25. The van der Waals surface area contributed by atoms with E-state index in [1.165, 1.54) is 18.5 Å². The van der Waals surface area contributed by atoms with Crippen molar-refractivity contribution in [3.05, 3.63) is 54.6 Å². The lowest BCUT2D eigenvalue weighted by atomic mass is 10.3. The largest absolute Gasteiger partial charge is 0.493 e. The fourth-order valence-corrected chi connectivity index (χ4v) is 3.26. The Hall–Kier alpha value is -2.74. The number of nitrogens with zero attached hydrogens (tertiary/aromatic N) is 1. The Kier molecular flexibility index (Phi) is 6.85. The molecule has 26 heavy (non-hydrogen) atoms. The Morgan fingerprint density at radius 3 is 2.31 bits per heavy atom. The number of carbonyl (C=O) groups is 1. The van der Waals surface area contributed by atoms with Crippen LogP contribution in [0.4, 0.5) is 5.69 Å². The molecule has 1 amide bonds. The molecule has 0 bridgehead atoms. The molecule has 0 aromatic heterocycles. The molecule has 0 fully saturated rings. The quantitative estimate of drug-likeness (QED) is 0.717. The lowest BCUT2D eigenvalue weighted by molar-refractivity contribution is -0.122. The topological polar surface area (TPSA) is 84.9 Å². The van der Waals surface area contributed by atoms with Gasteiger partial charge in [0.05, 0.1) is 18.6 Å². The second kappa shape index (κ2) is 9.10. The number of carbonyl (C=O) groups excluding carboxylic acids is 1. The van der Waals surface area contributed by atoms with E-state index in [1.54, 1.807) is 48.5 Å². The monoisotopic (exact) mass is 378 g/mol. The average molecular weight is 378 g/mol. The van der Waals surface area contributed by atoms with Crippen LogP contribution in [0, 0.1) is 0 Å². The van der Waals surface area contributed by atoms with E-state index in [9.17, 15) is 13.2 Å². The molecule has 1 N–H and O–H groups in total. The molecular weight excluding hydrogens is 356 g/mol. The van der Waals surface area contributed by atoms with E-state index in [0.717, 1.165) is 0 Å². The zero-order valence-electron chi connectivity index (χ0n) is 14.7. The van der Waals surface area contributed by atoms with E-state index in [-0.39, 0.29) is 18.9 Å². The van der Waals surface area contributed by atoms with Crippen LogP contribution in [-0.4, -0.2) is 47.4 Å². The maximum atomic E-state index is 12.3. The van der Waals surface area contributed by atoms with Crippen molar-refractivity contribution in [3.8, 4) is 11.5 Å². The van der Waals surface area contributed by atoms with E-state index in [1.807, 2.05) is 6.07 Å². The number of nitrogens with one attached hydrogen (secondary N) is 1. The maximum Gasteiger partial charge on any atom is 0.257 e. The van der Waals surface area contributed by atoms with Crippen molar-refractivity contribution in [2.24, 2.45) is 0 Å². The van der Waals surface area contributed by atoms with Crippen LogP contribution in [0.2, 0.25) is 0 Å². The summed E-state index contributed by atoms with van der Waals surface area (Å²) in [6.45, 7) is -0.234. The Labute approximate surface area is 153 Å². The minimum Gasteiger partial charge on any atom is -0.493 e. The Balaban J connectivity index is 1.80. The third-order valence-corrected chi connectivity index (χ3v) is 5.41. The van der Waals surface area contributed by atoms with Crippen LogP contribution in [0.1, 0.15) is 0 Å². The van der Waals surface area contributed by atoms with Crippen molar-refractivity contribution < 1.29 is 22.7 Å². The van der Waals surface area contributed by atoms with Gasteiger partial charge in [-0.3, -0.25) is 9.10 Å².